The quantitative estimate of drug-likeness (QED) is 0.0882. The van der Waals surface area contributed by atoms with Gasteiger partial charge in [0.2, 0.25) is 0 Å². The highest BCUT2D eigenvalue weighted by Crippen LogP contribution is 2.45. The molecule has 14 heteroatoms. The van der Waals surface area contributed by atoms with Crippen molar-refractivity contribution in [1.82, 2.24) is 44.1 Å². The second-order valence-corrected chi connectivity index (χ2v) is 14.8. The number of para-hydroxylation sites is 1. The first kappa shape index (κ1) is 34.9. The van der Waals surface area contributed by atoms with E-state index in [4.69, 9.17) is 38.0 Å². The van der Waals surface area contributed by atoms with E-state index in [0.29, 0.717) is 48.0 Å². The van der Waals surface area contributed by atoms with Gasteiger partial charge in [-0.2, -0.15) is 9.78 Å². The fourth-order valence-electron chi connectivity index (χ4n) is 7.89. The molecule has 0 fully saturated rings. The maximum atomic E-state index is 15.2. The fraction of sp³-hybridized carbons (Fsp3) is 0.333. The Morgan fingerprint density at radius 3 is 2.43 bits per heavy atom. The lowest BCUT2D eigenvalue weighted by molar-refractivity contribution is 0.0951. The van der Waals surface area contributed by atoms with Gasteiger partial charge in [0, 0.05) is 47.5 Å². The van der Waals surface area contributed by atoms with Crippen LogP contribution in [-0.2, 0) is 20.5 Å². The van der Waals surface area contributed by atoms with Crippen LogP contribution in [0.25, 0.3) is 38.9 Å². The minimum absolute atomic E-state index is 0.192. The van der Waals surface area contributed by atoms with Gasteiger partial charge in [-0.1, -0.05) is 41.4 Å². The molecule has 0 saturated heterocycles. The number of hydrogen-bond donors (Lipinski definition) is 0. The highest BCUT2D eigenvalue weighted by Gasteiger charge is 2.42. The number of ether oxygens (including phenoxy) is 1. The summed E-state index contributed by atoms with van der Waals surface area (Å²) in [6.45, 7) is 12.4. The standard InChI is InChI=1S/C39H40Cl2N10O2/c1-20-17-26(18-21(2)34(20)40)53-16-10-13-28-27-11-9-12-29(33-22(3)44-48(8)23(33)4)36(27)49-24(5)38(41)50(39(52)37(28)49)31-19-47(7)30-14-15-32(42-35(30)31)51-25(6)43-45-46-51/h9,11-12,14-15,17-19,24,38H,10,13,16H2,1-8H3/t24?,38-/m0/s1. The Morgan fingerprint density at radius 2 is 1.75 bits per heavy atom. The van der Waals surface area contributed by atoms with Crippen molar-refractivity contribution in [2.24, 2.45) is 14.1 Å². The van der Waals surface area contributed by atoms with Crippen molar-refractivity contribution in [3.8, 4) is 22.7 Å². The molecule has 5 aromatic heterocycles. The summed E-state index contributed by atoms with van der Waals surface area (Å²) < 4.78 is 13.8. The third kappa shape index (κ3) is 5.49. The summed E-state index contributed by atoms with van der Waals surface area (Å²) in [7, 11) is 3.89. The minimum atomic E-state index is -0.729. The highest BCUT2D eigenvalue weighted by atomic mass is 35.5. The van der Waals surface area contributed by atoms with Crippen LogP contribution in [0.3, 0.4) is 0 Å². The van der Waals surface area contributed by atoms with E-state index in [1.165, 1.54) is 0 Å². The highest BCUT2D eigenvalue weighted by molar-refractivity contribution is 6.32. The number of rotatable bonds is 8. The van der Waals surface area contributed by atoms with Crippen molar-refractivity contribution in [3.05, 3.63) is 93.3 Å². The summed E-state index contributed by atoms with van der Waals surface area (Å²) in [6, 6.07) is 13.7. The number of amides is 1. The molecule has 1 aliphatic rings. The van der Waals surface area contributed by atoms with E-state index in [0.717, 1.165) is 66.4 Å². The molecule has 0 N–H and O–H groups in total. The predicted molar refractivity (Wildman–Crippen MR) is 208 cm³/mol. The molecule has 272 valence electrons. The van der Waals surface area contributed by atoms with Gasteiger partial charge in [-0.15, -0.1) is 5.10 Å². The first-order valence-corrected chi connectivity index (χ1v) is 18.4. The number of carbonyl (C=O) groups is 1. The summed E-state index contributed by atoms with van der Waals surface area (Å²) in [5, 5.41) is 18.4. The number of fused-ring (bicyclic) bond motifs is 4. The largest absolute Gasteiger partial charge is 0.494 e. The number of alkyl halides is 1. The van der Waals surface area contributed by atoms with Crippen molar-refractivity contribution in [3.63, 3.8) is 0 Å². The van der Waals surface area contributed by atoms with Crippen LogP contribution < -0.4 is 9.64 Å². The molecule has 7 aromatic rings. The Morgan fingerprint density at radius 1 is 1.00 bits per heavy atom. The molecule has 1 aliphatic heterocycles. The Hall–Kier alpha value is -5.20. The van der Waals surface area contributed by atoms with Crippen LogP contribution in [0.2, 0.25) is 5.02 Å². The lowest BCUT2D eigenvalue weighted by atomic mass is 9.98. The van der Waals surface area contributed by atoms with E-state index < -0.39 is 5.50 Å². The Balaban J connectivity index is 1.27. The molecule has 0 bridgehead atoms. The van der Waals surface area contributed by atoms with Crippen molar-refractivity contribution in [2.45, 2.75) is 65.9 Å². The number of aryl methyl sites for hydroxylation is 7. The SMILES string of the molecule is Cc1cc(OCCCc2c3n(c4c(-c5c(C)nn(C)c5C)cccc24)C(C)[C@@H](Cl)N(c2cn(C)c4ccc(-n5nnnc5C)nc24)C3=O)cc(C)c1Cl. The van der Waals surface area contributed by atoms with E-state index in [1.54, 1.807) is 9.58 Å². The van der Waals surface area contributed by atoms with E-state index in [2.05, 4.69) is 52.1 Å². The molecule has 8 rings (SSSR count). The Bertz CT molecular complexity index is 2570. The van der Waals surface area contributed by atoms with Gasteiger partial charge in [-0.05, 0) is 106 Å². The number of nitrogens with zero attached hydrogens (tertiary/aromatic N) is 10. The average molecular weight is 752 g/mol. The number of halogens is 2. The van der Waals surface area contributed by atoms with Gasteiger partial charge in [-0.25, -0.2) is 4.98 Å². The molecule has 2 aromatic carbocycles. The number of anilines is 1. The van der Waals surface area contributed by atoms with Gasteiger partial charge < -0.3 is 13.9 Å². The van der Waals surface area contributed by atoms with Crippen LogP contribution in [0.5, 0.6) is 5.75 Å². The zero-order valence-electron chi connectivity index (χ0n) is 30.9. The van der Waals surface area contributed by atoms with Crippen LogP contribution in [-0.4, -0.2) is 62.1 Å². The van der Waals surface area contributed by atoms with Crippen LogP contribution in [0.4, 0.5) is 5.69 Å². The average Bonchev–Trinajstić information content (AvgIpc) is 3.86. The number of hydrogen-bond acceptors (Lipinski definition) is 7. The topological polar surface area (TPSA) is 114 Å². The summed E-state index contributed by atoms with van der Waals surface area (Å²) in [4.78, 5) is 21.9. The van der Waals surface area contributed by atoms with Crippen LogP contribution in [0.15, 0.2) is 48.7 Å². The molecule has 0 saturated carbocycles. The van der Waals surface area contributed by atoms with E-state index in [9.17, 15) is 0 Å². The number of aromatic nitrogens is 9. The van der Waals surface area contributed by atoms with Gasteiger partial charge in [0.1, 0.15) is 22.5 Å². The molecule has 0 aliphatic carbocycles. The molecule has 1 unspecified atom stereocenters. The maximum absolute atomic E-state index is 15.2. The minimum Gasteiger partial charge on any atom is -0.494 e. The first-order valence-electron chi connectivity index (χ1n) is 17.6. The third-order valence-electron chi connectivity index (χ3n) is 10.5. The molecule has 6 heterocycles. The molecule has 12 nitrogen and oxygen atoms in total. The Kier molecular flexibility index (Phi) is 8.57. The zero-order valence-corrected chi connectivity index (χ0v) is 32.5. The fourth-order valence-corrected chi connectivity index (χ4v) is 8.31. The first-order chi connectivity index (χ1) is 25.4. The predicted octanol–water partition coefficient (Wildman–Crippen LogP) is 7.90. The number of benzene rings is 2. The molecule has 2 atom stereocenters. The van der Waals surface area contributed by atoms with Gasteiger partial charge in [0.25, 0.3) is 5.91 Å². The second-order valence-electron chi connectivity index (χ2n) is 14.0. The van der Waals surface area contributed by atoms with Crippen molar-refractivity contribution >= 4 is 56.7 Å². The van der Waals surface area contributed by atoms with Crippen LogP contribution in [0.1, 0.15) is 63.8 Å². The lowest BCUT2D eigenvalue weighted by Gasteiger charge is -2.38. The lowest BCUT2D eigenvalue weighted by Crippen LogP contribution is -2.47. The molecule has 0 spiro atoms. The molecule has 1 amide bonds. The van der Waals surface area contributed by atoms with Crippen LogP contribution in [0, 0.1) is 34.6 Å². The third-order valence-corrected chi connectivity index (χ3v) is 11.7. The Labute approximate surface area is 316 Å². The maximum Gasteiger partial charge on any atom is 0.276 e. The van der Waals surface area contributed by atoms with Crippen molar-refractivity contribution < 1.29 is 9.53 Å². The summed E-state index contributed by atoms with van der Waals surface area (Å²) >= 11 is 13.9. The normalized spacial score (nSPS) is 16.0. The van der Waals surface area contributed by atoms with Gasteiger partial charge in [0.05, 0.1) is 35.1 Å². The number of carbonyl (C=O) groups excluding carboxylic acids is 1. The number of pyridine rings is 1. The summed E-state index contributed by atoms with van der Waals surface area (Å²) in [5.74, 6) is 1.73. The molecular formula is C39H40Cl2N10O2. The van der Waals surface area contributed by atoms with Gasteiger partial charge in [0.15, 0.2) is 11.6 Å². The van der Waals surface area contributed by atoms with Crippen molar-refractivity contribution in [1.29, 1.82) is 0 Å². The van der Waals surface area contributed by atoms with E-state index in [-0.39, 0.29) is 11.9 Å². The second kappa shape index (κ2) is 13.0. The molecular weight excluding hydrogens is 711 g/mol. The molecule has 0 radical (unpaired) electrons. The zero-order chi connectivity index (χ0) is 37.5. The van der Waals surface area contributed by atoms with Gasteiger partial charge in [-0.3, -0.25) is 14.4 Å². The summed E-state index contributed by atoms with van der Waals surface area (Å²) in [5.41, 5.74) is 9.89. The smallest absolute Gasteiger partial charge is 0.276 e. The number of tetrazole rings is 1. The van der Waals surface area contributed by atoms with E-state index >= 15 is 4.79 Å². The van der Waals surface area contributed by atoms with Crippen LogP contribution >= 0.6 is 23.2 Å². The van der Waals surface area contributed by atoms with E-state index in [1.807, 2.05) is 81.5 Å². The van der Waals surface area contributed by atoms with Gasteiger partial charge >= 0.3 is 0 Å². The monoisotopic (exact) mass is 750 g/mol. The molecule has 53 heavy (non-hydrogen) atoms. The summed E-state index contributed by atoms with van der Waals surface area (Å²) in [6.07, 6.45) is 3.21. The van der Waals surface area contributed by atoms with Crippen molar-refractivity contribution in [2.75, 3.05) is 11.5 Å².